The maximum Gasteiger partial charge on any atom is 0.421 e. The van der Waals surface area contributed by atoms with Crippen molar-refractivity contribution >= 4 is 11.9 Å². The highest BCUT2D eigenvalue weighted by molar-refractivity contribution is 5.76. The highest BCUT2D eigenvalue weighted by atomic mass is 19.4. The fraction of sp³-hybridized carbons (Fsp3) is 0.774. The molecule has 5 aliphatic carbocycles. The third-order valence-electron chi connectivity index (χ3n) is 16.0. The molecule has 71 heavy (non-hydrogen) atoms. The van der Waals surface area contributed by atoms with Crippen LogP contribution in [-0.2, 0) is 24.7 Å². The molecule has 2 N–H and O–H groups in total. The number of benzene rings is 2. The number of aromatic hydroxyl groups is 1. The molecule has 6 nitrogen and oxygen atoms in total. The Bertz CT molecular complexity index is 1690. The van der Waals surface area contributed by atoms with E-state index >= 15 is 0 Å². The second-order valence-electron chi connectivity index (χ2n) is 21.6. The highest BCUT2D eigenvalue weighted by Gasteiger charge is 2.57. The van der Waals surface area contributed by atoms with Gasteiger partial charge in [-0.3, -0.25) is 9.59 Å². The maximum absolute atomic E-state index is 12.6. The summed E-state index contributed by atoms with van der Waals surface area (Å²) in [6, 6.07) is 13.4. The molecule has 0 radical (unpaired) electrons. The largest absolute Gasteiger partial charge is 0.508 e. The van der Waals surface area contributed by atoms with Gasteiger partial charge in [0.1, 0.15) is 17.0 Å². The molecule has 0 heterocycles. The van der Waals surface area contributed by atoms with Gasteiger partial charge in [-0.1, -0.05) is 151 Å². The molecule has 0 amide bonds. The Kier molecular flexibility index (Phi) is 36.1. The predicted molar refractivity (Wildman–Crippen MR) is 303 cm³/mol. The monoisotopic (exact) mass is 1010 g/mol. The van der Waals surface area contributed by atoms with E-state index in [0.717, 1.165) is 62.8 Å². The lowest BCUT2D eigenvalue weighted by atomic mass is 9.50. The average molecular weight is 1020 g/mol. The number of phenolic OH excluding ortho intramolecular Hbond substituents is 1. The molecular weight excluding hydrogens is 898 g/mol. The Morgan fingerprint density at radius 1 is 0.606 bits per heavy atom. The van der Waals surface area contributed by atoms with Crippen LogP contribution in [0, 0.1) is 40.4 Å². The summed E-state index contributed by atoms with van der Waals surface area (Å²) < 4.78 is 49.8. The van der Waals surface area contributed by atoms with Crippen LogP contribution in [-0.4, -0.2) is 39.5 Å². The molecule has 3 atom stereocenters. The molecule has 3 unspecified atom stereocenters. The van der Waals surface area contributed by atoms with Crippen molar-refractivity contribution in [3.8, 4) is 5.75 Å². The van der Waals surface area contributed by atoms with Crippen molar-refractivity contribution in [1.82, 2.24) is 0 Å². The summed E-state index contributed by atoms with van der Waals surface area (Å²) in [5, 5.41) is 18.5. The minimum absolute atomic E-state index is 0. The van der Waals surface area contributed by atoms with Crippen LogP contribution in [0.15, 0.2) is 48.5 Å². The van der Waals surface area contributed by atoms with Crippen LogP contribution in [0.3, 0.4) is 0 Å². The summed E-state index contributed by atoms with van der Waals surface area (Å²) in [5.41, 5.74) is -1.67. The van der Waals surface area contributed by atoms with E-state index in [2.05, 4.69) is 41.5 Å². The summed E-state index contributed by atoms with van der Waals surface area (Å²) in [5.74, 6) is 4.76. The zero-order valence-electron chi connectivity index (χ0n) is 41.5. The normalized spacial score (nSPS) is 22.6. The first-order valence-electron chi connectivity index (χ1n) is 24.3. The molecule has 5 saturated carbocycles. The van der Waals surface area contributed by atoms with Crippen molar-refractivity contribution in [3.63, 3.8) is 0 Å². The van der Waals surface area contributed by atoms with Gasteiger partial charge < -0.3 is 19.7 Å². The molecule has 0 saturated heterocycles. The number of ether oxygens (including phenoxy) is 2. The number of hydrogen-bond donors (Lipinski definition) is 2. The third kappa shape index (κ3) is 19.9. The number of esters is 2. The number of carbonyl (C=O) groups is 2. The third-order valence-corrected chi connectivity index (χ3v) is 16.0. The van der Waals surface area contributed by atoms with E-state index in [4.69, 9.17) is 14.6 Å². The van der Waals surface area contributed by atoms with Gasteiger partial charge in [0.05, 0.1) is 10.8 Å². The first-order valence-corrected chi connectivity index (χ1v) is 24.3. The smallest absolute Gasteiger partial charge is 0.421 e. The zero-order chi connectivity index (χ0) is 47.8. The van der Waals surface area contributed by atoms with E-state index in [1.54, 1.807) is 24.3 Å². The lowest BCUT2D eigenvalue weighted by molar-refractivity contribution is -0.258. The van der Waals surface area contributed by atoms with Crippen LogP contribution in [0.25, 0.3) is 0 Å². The van der Waals surface area contributed by atoms with Crippen molar-refractivity contribution in [2.45, 2.75) is 275 Å². The Labute approximate surface area is 438 Å². The van der Waals surface area contributed by atoms with Crippen LogP contribution in [0.4, 0.5) is 13.2 Å². The molecule has 422 valence electrons. The van der Waals surface area contributed by atoms with Crippen molar-refractivity contribution in [3.05, 3.63) is 65.2 Å². The second kappa shape index (κ2) is 32.3. The van der Waals surface area contributed by atoms with Gasteiger partial charge in [0.15, 0.2) is 5.60 Å². The average Bonchev–Trinajstić information content (AvgIpc) is 3.72. The van der Waals surface area contributed by atoms with E-state index < -0.39 is 11.8 Å². The summed E-state index contributed by atoms with van der Waals surface area (Å²) in [4.78, 5) is 24.6. The molecule has 2 aromatic carbocycles. The molecule has 0 spiro atoms. The molecule has 5 fully saturated rings. The Hall–Kier alpha value is -3.07. The van der Waals surface area contributed by atoms with Crippen molar-refractivity contribution in [2.24, 2.45) is 40.4 Å². The van der Waals surface area contributed by atoms with Gasteiger partial charge in [0.2, 0.25) is 0 Å². The minimum Gasteiger partial charge on any atom is -0.508 e. The van der Waals surface area contributed by atoms with Crippen LogP contribution < -0.4 is 0 Å². The summed E-state index contributed by atoms with van der Waals surface area (Å²) in [6.07, 6.45) is 10.2. The van der Waals surface area contributed by atoms with Gasteiger partial charge in [0.25, 0.3) is 0 Å². The standard InChI is InChI=1S/C17H28O2.C14H26O2.C13H17F3O.C10H14O.8CH4/c1-5-16(2,3)15(18)19-17(4)13-7-11-6-12(9-13)10-14(17)8-11;1-6-13(4,5)12(15)16-14(11(2)3)9-7-8-10-14;1-4-9(2)10-5-7-11(8-6-10)12(3,17)13(14,15)16;1-3-8(2)9-4-6-10(11)7-5-9;;;;;;;;/h11-14H,5-10H2,1-4H3;11H,6-10H2,1-5H3;5-9,17H,4H2,1-3H3;4-8,11H,3H2,1-2H3;8*1H4. The van der Waals surface area contributed by atoms with Gasteiger partial charge in [-0.15, -0.1) is 0 Å². The molecule has 4 bridgehead atoms. The molecule has 5 aliphatic rings. The Morgan fingerprint density at radius 2 is 0.944 bits per heavy atom. The first-order chi connectivity index (χ1) is 29.1. The topological polar surface area (TPSA) is 93.1 Å². The molecule has 0 aromatic heterocycles. The maximum atomic E-state index is 12.6. The van der Waals surface area contributed by atoms with Gasteiger partial charge in [-0.25, -0.2) is 0 Å². The van der Waals surface area contributed by atoms with Gasteiger partial charge in [-0.05, 0) is 195 Å². The molecule has 2 aromatic rings. The van der Waals surface area contributed by atoms with Gasteiger partial charge >= 0.3 is 18.1 Å². The van der Waals surface area contributed by atoms with E-state index in [9.17, 15) is 27.9 Å². The Balaban J connectivity index is -0.000000194. The van der Waals surface area contributed by atoms with Crippen LogP contribution in [0.2, 0.25) is 0 Å². The number of phenols is 1. The van der Waals surface area contributed by atoms with E-state index in [-0.39, 0.29) is 98.9 Å². The van der Waals surface area contributed by atoms with Crippen LogP contribution in [0.5, 0.6) is 5.75 Å². The lowest BCUT2D eigenvalue weighted by Crippen LogP contribution is -2.58. The fourth-order valence-electron chi connectivity index (χ4n) is 9.58. The SMILES string of the molecule is C.C.C.C.C.C.C.C.CCC(C)(C)C(=O)OC1(C(C)C)CCCC1.CCC(C)(C)C(=O)OC1(C)C2CC3CC(C2)CC1C3.CCC(C)c1ccc(C(C)(O)C(F)(F)F)cc1.CCC(C)c1ccc(O)cc1. The number of carbonyl (C=O) groups excluding carboxylic acids is 2. The highest BCUT2D eigenvalue weighted by Crippen LogP contribution is 2.60. The number of rotatable bonds is 12. The lowest BCUT2D eigenvalue weighted by Gasteiger charge is -2.59. The fourth-order valence-corrected chi connectivity index (χ4v) is 9.58. The van der Waals surface area contributed by atoms with Crippen molar-refractivity contribution in [2.75, 3.05) is 0 Å². The number of hydrogen-bond acceptors (Lipinski definition) is 6. The predicted octanol–water partition coefficient (Wildman–Crippen LogP) is 20.1. The number of alkyl halides is 3. The zero-order valence-corrected chi connectivity index (χ0v) is 41.5. The Morgan fingerprint density at radius 3 is 1.25 bits per heavy atom. The summed E-state index contributed by atoms with van der Waals surface area (Å²) in [6.45, 7) is 27.8. The van der Waals surface area contributed by atoms with Crippen LogP contribution in [0.1, 0.15) is 268 Å². The van der Waals surface area contributed by atoms with Crippen LogP contribution >= 0.6 is 0 Å². The summed E-state index contributed by atoms with van der Waals surface area (Å²) >= 11 is 0. The van der Waals surface area contributed by atoms with E-state index in [1.807, 2.05) is 60.6 Å². The molecule has 9 heteroatoms. The van der Waals surface area contributed by atoms with Crippen molar-refractivity contribution < 1.29 is 42.4 Å². The first kappa shape index (κ1) is 79.3. The van der Waals surface area contributed by atoms with Crippen molar-refractivity contribution in [1.29, 1.82) is 0 Å². The quantitative estimate of drug-likeness (QED) is 0.206. The minimum atomic E-state index is -4.66. The second-order valence-corrected chi connectivity index (χ2v) is 21.6. The molecule has 7 rings (SSSR count). The van der Waals surface area contributed by atoms with Gasteiger partial charge in [-0.2, -0.15) is 13.2 Å². The summed E-state index contributed by atoms with van der Waals surface area (Å²) in [7, 11) is 0. The number of aliphatic hydroxyl groups is 1. The number of halogens is 3. The molecule has 0 aliphatic heterocycles. The van der Waals surface area contributed by atoms with E-state index in [1.165, 1.54) is 62.6 Å². The van der Waals surface area contributed by atoms with E-state index in [0.29, 0.717) is 35.3 Å². The molecular formula is C62H117F3O6. The van der Waals surface area contributed by atoms with Gasteiger partial charge in [0, 0.05) is 0 Å².